The molecule has 9 heteroatoms. The second kappa shape index (κ2) is 10.5. The summed E-state index contributed by atoms with van der Waals surface area (Å²) < 4.78 is 12.2. The summed E-state index contributed by atoms with van der Waals surface area (Å²) in [7, 11) is 1.51. The van der Waals surface area contributed by atoms with Gasteiger partial charge in [-0.1, -0.05) is 41.4 Å². The molecule has 0 unspecified atom stereocenters. The van der Waals surface area contributed by atoms with E-state index in [1.54, 1.807) is 48.5 Å². The fourth-order valence-corrected chi connectivity index (χ4v) is 4.36. The molecule has 0 radical (unpaired) electrons. The fourth-order valence-electron chi connectivity index (χ4n) is 3.45. The number of aryl methyl sites for hydroxylation is 1. The van der Waals surface area contributed by atoms with Crippen molar-refractivity contribution < 1.29 is 23.9 Å². The van der Waals surface area contributed by atoms with Crippen molar-refractivity contribution in [1.29, 1.82) is 0 Å². The highest BCUT2D eigenvalue weighted by Crippen LogP contribution is 2.35. The molecule has 0 bridgehead atoms. The van der Waals surface area contributed by atoms with E-state index >= 15 is 0 Å². The summed E-state index contributed by atoms with van der Waals surface area (Å²) in [6.45, 7) is 2.20. The Labute approximate surface area is 220 Å². The van der Waals surface area contributed by atoms with Crippen molar-refractivity contribution in [2.75, 3.05) is 12.0 Å². The van der Waals surface area contributed by atoms with Crippen LogP contribution < -0.4 is 19.7 Å². The van der Waals surface area contributed by atoms with Crippen molar-refractivity contribution in [3.63, 3.8) is 0 Å². The van der Waals surface area contributed by atoms with E-state index in [-0.39, 0.29) is 5.57 Å². The number of urea groups is 1. The van der Waals surface area contributed by atoms with Gasteiger partial charge in [-0.15, -0.1) is 0 Å². The molecule has 4 rings (SSSR count). The fraction of sp³-hybridized carbons (Fsp3) is 0.115. The lowest BCUT2D eigenvalue weighted by molar-refractivity contribution is -0.122. The van der Waals surface area contributed by atoms with Crippen LogP contribution in [0.5, 0.6) is 11.5 Å². The van der Waals surface area contributed by atoms with Crippen LogP contribution >= 0.6 is 34.2 Å². The maximum absolute atomic E-state index is 13.1. The molecule has 3 aromatic rings. The molecule has 1 saturated heterocycles. The summed E-state index contributed by atoms with van der Waals surface area (Å²) in [4.78, 5) is 39.0. The number of benzene rings is 3. The van der Waals surface area contributed by atoms with Gasteiger partial charge >= 0.3 is 6.03 Å². The Morgan fingerprint density at radius 3 is 2.37 bits per heavy atom. The number of carbonyl (C=O) groups excluding carboxylic acids is 3. The summed E-state index contributed by atoms with van der Waals surface area (Å²) >= 11 is 8.04. The lowest BCUT2D eigenvalue weighted by Crippen LogP contribution is -2.54. The molecule has 0 saturated carbocycles. The molecule has 1 N–H and O–H groups in total. The van der Waals surface area contributed by atoms with Gasteiger partial charge in [0.05, 0.1) is 16.4 Å². The summed E-state index contributed by atoms with van der Waals surface area (Å²) in [5.74, 6) is -0.506. The van der Waals surface area contributed by atoms with Gasteiger partial charge in [0.1, 0.15) is 12.2 Å². The minimum atomic E-state index is -0.792. The van der Waals surface area contributed by atoms with E-state index in [1.807, 2.05) is 19.1 Å². The number of imide groups is 2. The number of nitrogens with zero attached hydrogens (tertiary/aromatic N) is 1. The highest BCUT2D eigenvalue weighted by Gasteiger charge is 2.36. The van der Waals surface area contributed by atoms with Crippen molar-refractivity contribution in [3.05, 3.63) is 91.5 Å². The van der Waals surface area contributed by atoms with Gasteiger partial charge in [0.2, 0.25) is 0 Å². The number of rotatable bonds is 6. The van der Waals surface area contributed by atoms with Gasteiger partial charge in [0.15, 0.2) is 11.5 Å². The number of ether oxygens (including phenoxy) is 2. The molecule has 0 atom stereocenters. The number of hydrogen-bond acceptors (Lipinski definition) is 5. The second-order valence-electron chi connectivity index (χ2n) is 7.74. The summed E-state index contributed by atoms with van der Waals surface area (Å²) in [5.41, 5.74) is 2.66. The standard InChI is InChI=1S/C26H20ClIN2O5/c1-15-3-9-19(10-4-15)30-25(32)20(24(31)29-26(30)33)11-17-12-21(28)23(22(13-17)34-2)35-14-16-5-7-18(27)8-6-16/h3-13H,14H2,1-2H3,(H,29,31,33)/b20-11+. The number of anilines is 1. The first-order valence-electron chi connectivity index (χ1n) is 10.5. The molecule has 0 aliphatic carbocycles. The van der Waals surface area contributed by atoms with E-state index in [1.165, 1.54) is 13.2 Å². The third-order valence-corrected chi connectivity index (χ3v) is 6.31. The molecule has 35 heavy (non-hydrogen) atoms. The first kappa shape index (κ1) is 24.7. The van der Waals surface area contributed by atoms with Crippen molar-refractivity contribution in [3.8, 4) is 11.5 Å². The Morgan fingerprint density at radius 1 is 1.03 bits per heavy atom. The van der Waals surface area contributed by atoms with Gasteiger partial charge in [-0.05, 0) is 83.1 Å². The zero-order valence-electron chi connectivity index (χ0n) is 18.8. The monoisotopic (exact) mass is 602 g/mol. The number of hydrogen-bond donors (Lipinski definition) is 1. The Hall–Kier alpha value is -3.37. The topological polar surface area (TPSA) is 84.9 Å². The number of amides is 4. The van der Waals surface area contributed by atoms with Crippen LogP contribution in [0.2, 0.25) is 5.02 Å². The zero-order chi connectivity index (χ0) is 25.1. The number of nitrogens with one attached hydrogen (secondary N) is 1. The molecule has 7 nitrogen and oxygen atoms in total. The van der Waals surface area contributed by atoms with Crippen LogP contribution in [-0.4, -0.2) is 25.0 Å². The molecule has 1 aliphatic rings. The van der Waals surface area contributed by atoms with Crippen molar-refractivity contribution in [2.24, 2.45) is 0 Å². The molecule has 1 aliphatic heterocycles. The van der Waals surface area contributed by atoms with Gasteiger partial charge in [0, 0.05) is 5.02 Å². The molecule has 0 spiro atoms. The number of methoxy groups -OCH3 is 1. The highest BCUT2D eigenvalue weighted by molar-refractivity contribution is 14.1. The molecule has 178 valence electrons. The number of barbiturate groups is 1. The molecule has 0 aromatic heterocycles. The smallest absolute Gasteiger partial charge is 0.335 e. The van der Waals surface area contributed by atoms with Gasteiger partial charge in [-0.3, -0.25) is 14.9 Å². The van der Waals surface area contributed by atoms with Crippen LogP contribution in [0.25, 0.3) is 6.08 Å². The minimum absolute atomic E-state index is 0.169. The number of halogens is 2. The van der Waals surface area contributed by atoms with Crippen LogP contribution in [0.1, 0.15) is 16.7 Å². The average Bonchev–Trinajstić information content (AvgIpc) is 2.83. The van der Waals surface area contributed by atoms with Crippen molar-refractivity contribution >= 4 is 63.8 Å². The minimum Gasteiger partial charge on any atom is -0.493 e. The summed E-state index contributed by atoms with van der Waals surface area (Å²) in [5, 5.41) is 2.87. The van der Waals surface area contributed by atoms with Gasteiger partial charge in [0.25, 0.3) is 11.8 Å². The van der Waals surface area contributed by atoms with Gasteiger partial charge < -0.3 is 9.47 Å². The molecule has 1 heterocycles. The van der Waals surface area contributed by atoms with E-state index in [0.717, 1.165) is 19.6 Å². The Bertz CT molecular complexity index is 1340. The van der Waals surface area contributed by atoms with Crippen molar-refractivity contribution in [1.82, 2.24) is 5.32 Å². The maximum Gasteiger partial charge on any atom is 0.335 e. The quantitative estimate of drug-likeness (QED) is 0.229. The van der Waals surface area contributed by atoms with Crippen LogP contribution in [0, 0.1) is 10.5 Å². The Morgan fingerprint density at radius 2 is 1.71 bits per heavy atom. The van der Waals surface area contributed by atoms with Crippen LogP contribution in [0.4, 0.5) is 10.5 Å². The Kier molecular flexibility index (Phi) is 7.42. The normalized spacial score (nSPS) is 14.8. The molecule has 4 amide bonds. The second-order valence-corrected chi connectivity index (χ2v) is 9.34. The van der Waals surface area contributed by atoms with Crippen LogP contribution in [-0.2, 0) is 16.2 Å². The van der Waals surface area contributed by atoms with Crippen molar-refractivity contribution in [2.45, 2.75) is 13.5 Å². The summed E-state index contributed by atoms with van der Waals surface area (Å²) in [6.07, 6.45) is 1.43. The lowest BCUT2D eigenvalue weighted by atomic mass is 10.1. The molecular formula is C26H20ClIN2O5. The molecule has 3 aromatic carbocycles. The SMILES string of the molecule is COc1cc(/C=C2\C(=O)NC(=O)N(c3ccc(C)cc3)C2=O)cc(I)c1OCc1ccc(Cl)cc1. The lowest BCUT2D eigenvalue weighted by Gasteiger charge is -2.26. The van der Waals surface area contributed by atoms with E-state index in [9.17, 15) is 14.4 Å². The van der Waals surface area contributed by atoms with Crippen LogP contribution in [0.15, 0.2) is 66.2 Å². The van der Waals surface area contributed by atoms with E-state index < -0.39 is 17.8 Å². The molecule has 1 fully saturated rings. The Balaban J connectivity index is 1.63. The van der Waals surface area contributed by atoms with Gasteiger partial charge in [-0.2, -0.15) is 0 Å². The third-order valence-electron chi connectivity index (χ3n) is 5.25. The summed E-state index contributed by atoms with van der Waals surface area (Å²) in [6, 6.07) is 16.8. The van der Waals surface area contributed by atoms with E-state index in [0.29, 0.717) is 34.4 Å². The van der Waals surface area contributed by atoms with E-state index in [4.69, 9.17) is 21.1 Å². The average molecular weight is 603 g/mol. The largest absolute Gasteiger partial charge is 0.493 e. The van der Waals surface area contributed by atoms with Crippen LogP contribution in [0.3, 0.4) is 0 Å². The molecular weight excluding hydrogens is 583 g/mol. The van der Waals surface area contributed by atoms with E-state index in [2.05, 4.69) is 27.9 Å². The zero-order valence-corrected chi connectivity index (χ0v) is 21.7. The first-order valence-corrected chi connectivity index (χ1v) is 12.0. The number of carbonyl (C=O) groups is 3. The predicted molar refractivity (Wildman–Crippen MR) is 142 cm³/mol. The maximum atomic E-state index is 13.1. The third kappa shape index (κ3) is 5.49. The van der Waals surface area contributed by atoms with Gasteiger partial charge in [-0.25, -0.2) is 9.69 Å². The first-order chi connectivity index (χ1) is 16.8. The predicted octanol–water partition coefficient (Wildman–Crippen LogP) is 5.51. The highest BCUT2D eigenvalue weighted by atomic mass is 127.